The number of benzene rings is 6. The average Bonchev–Trinajstić information content (AvgIpc) is 3.44. The van der Waals surface area contributed by atoms with Gasteiger partial charge in [-0.3, -0.25) is 34.6 Å². The van der Waals surface area contributed by atoms with Crippen LogP contribution in [0.1, 0.15) is 81.5 Å². The number of carbonyl (C=O) groups is 6. The Bertz CT molecular complexity index is 3030. The van der Waals surface area contributed by atoms with Crippen molar-refractivity contribution in [1.82, 2.24) is 15.1 Å². The molecule has 416 valence electrons. The Morgan fingerprint density at radius 3 is 0.975 bits per heavy atom. The van der Waals surface area contributed by atoms with Gasteiger partial charge in [0.05, 0.1) is 31.2 Å². The summed E-state index contributed by atoms with van der Waals surface area (Å²) in [5, 5.41) is 24.0. The first-order valence-corrected chi connectivity index (χ1v) is 25.5. The number of nitro benzene ring substituents is 2. The fourth-order valence-electron chi connectivity index (χ4n) is 6.98. The summed E-state index contributed by atoms with van der Waals surface area (Å²) in [7, 11) is 6.98. The minimum absolute atomic E-state index is 0. The number of alkyl halides is 1. The first-order valence-electron chi connectivity index (χ1n) is 23.4. The van der Waals surface area contributed by atoms with Crippen LogP contribution in [0.5, 0.6) is 0 Å². The van der Waals surface area contributed by atoms with E-state index in [0.29, 0.717) is 22.4 Å². The van der Waals surface area contributed by atoms with E-state index in [-0.39, 0.29) is 61.6 Å². The maximum Gasteiger partial charge on any atom is 1.00 e. The molecule has 6 rings (SSSR count). The molecule has 0 aliphatic carbocycles. The van der Waals surface area contributed by atoms with Crippen LogP contribution in [0.2, 0.25) is 0 Å². The minimum atomic E-state index is -1.14. The smallest absolute Gasteiger partial charge is 1.00 e. The van der Waals surface area contributed by atoms with Gasteiger partial charge in [-0.1, -0.05) is 78.5 Å². The molecule has 0 atom stereocenters. The van der Waals surface area contributed by atoms with Gasteiger partial charge in [-0.15, -0.1) is 0 Å². The van der Waals surface area contributed by atoms with Crippen molar-refractivity contribution in [3.05, 3.63) is 183 Å². The number of hydrogen-bond donors (Lipinski definition) is 2. The van der Waals surface area contributed by atoms with E-state index >= 15 is 0 Å². The molecule has 0 saturated carbocycles. The standard InChI is InChI=1S/C19H20N2O5.C19H22N2O3.C18H18N2O5.CH3I.CH4.Na.H/c1-19(2,18(23)26-4)20(3)17(22)15-7-5-13(6-8-15)14-9-11-16(12-10-14)21(24)25;1-19(2,18(23)24-4)21(3)17(22)15-7-5-13(6-8-15)14-9-11-16(20)12-10-14;1-18(2,17(22)25-3)19-16(21)14-6-4-12(5-7-14)13-8-10-15(11-9-13)20(23)24;1-2;;;/h5-12H,1-4H3;5-12H,20H2,1-4H3;4-11H,1-3H3,(H,19,21);1H3;1H4;;/q;;;;;+1;-1. The van der Waals surface area contributed by atoms with Crippen molar-refractivity contribution < 1.29 is 83.8 Å². The number of nitro groups is 2. The number of likely N-dealkylation sites (N-methyl/N-ethyl adjacent to an activating group) is 2. The van der Waals surface area contributed by atoms with Crippen LogP contribution >= 0.6 is 22.6 Å². The van der Waals surface area contributed by atoms with Crippen LogP contribution in [-0.2, 0) is 28.6 Å². The van der Waals surface area contributed by atoms with E-state index < -0.39 is 50.3 Å². The predicted octanol–water partition coefficient (Wildman–Crippen LogP) is 7.99. The molecule has 0 aliphatic rings. The third kappa shape index (κ3) is 18.5. The number of nitrogen functional groups attached to an aromatic ring is 1. The van der Waals surface area contributed by atoms with Crippen LogP contribution < -0.4 is 40.6 Å². The number of nitrogens with one attached hydrogen (secondary N) is 1. The van der Waals surface area contributed by atoms with Gasteiger partial charge in [0.15, 0.2) is 0 Å². The Morgan fingerprint density at radius 1 is 0.481 bits per heavy atom. The molecule has 3 N–H and O–H groups in total. The van der Waals surface area contributed by atoms with E-state index in [1.54, 1.807) is 141 Å². The maximum absolute atomic E-state index is 12.6. The number of esters is 3. The van der Waals surface area contributed by atoms with Crippen molar-refractivity contribution in [2.45, 2.75) is 65.6 Å². The predicted molar refractivity (Wildman–Crippen MR) is 311 cm³/mol. The van der Waals surface area contributed by atoms with Crippen molar-refractivity contribution in [3.8, 4) is 33.4 Å². The van der Waals surface area contributed by atoms with Crippen molar-refractivity contribution in [3.63, 3.8) is 0 Å². The molecule has 0 saturated heterocycles. The molecule has 79 heavy (non-hydrogen) atoms. The number of nitrogens with zero attached hydrogens (tertiary/aromatic N) is 4. The van der Waals surface area contributed by atoms with Crippen molar-refractivity contribution in [2.75, 3.05) is 46.1 Å². The molecule has 0 unspecified atom stereocenters. The quantitative estimate of drug-likeness (QED) is 0.0153. The van der Waals surface area contributed by atoms with Gasteiger partial charge in [-0.2, -0.15) is 0 Å². The number of methoxy groups -OCH3 is 3. The second-order valence-electron chi connectivity index (χ2n) is 18.4. The molecular weight excluding hydrogens is 1140 g/mol. The van der Waals surface area contributed by atoms with Crippen LogP contribution in [0.15, 0.2) is 146 Å². The maximum atomic E-state index is 12.6. The summed E-state index contributed by atoms with van der Waals surface area (Å²) >= 11 is 2.15. The zero-order chi connectivity index (χ0) is 58.0. The summed E-state index contributed by atoms with van der Waals surface area (Å²) in [5.74, 6) is -2.45. The number of nitrogens with two attached hydrogens (primary N) is 1. The van der Waals surface area contributed by atoms with E-state index in [2.05, 4.69) is 32.6 Å². The van der Waals surface area contributed by atoms with Crippen molar-refractivity contribution in [1.29, 1.82) is 0 Å². The van der Waals surface area contributed by atoms with Crippen LogP contribution in [0.25, 0.3) is 33.4 Å². The fourth-order valence-corrected chi connectivity index (χ4v) is 6.98. The number of non-ortho nitro benzene ring substituents is 2. The van der Waals surface area contributed by atoms with Crippen LogP contribution in [-0.4, -0.2) is 112 Å². The Labute approximate surface area is 498 Å². The topological polar surface area (TPSA) is 261 Å². The van der Waals surface area contributed by atoms with Crippen molar-refractivity contribution >= 4 is 75.3 Å². The second-order valence-corrected chi connectivity index (χ2v) is 18.4. The third-order valence-electron chi connectivity index (χ3n) is 12.3. The minimum Gasteiger partial charge on any atom is -1.00 e. The Balaban J connectivity index is 0.00000113. The van der Waals surface area contributed by atoms with Gasteiger partial charge in [0.25, 0.3) is 29.1 Å². The van der Waals surface area contributed by atoms with Gasteiger partial charge in [0.2, 0.25) is 0 Å². The number of ether oxygens (including phenoxy) is 3. The Kier molecular flexibility index (Phi) is 27.4. The molecule has 21 heteroatoms. The number of hydrogen-bond acceptors (Lipinski definition) is 14. The number of rotatable bonds is 14. The summed E-state index contributed by atoms with van der Waals surface area (Å²) < 4.78 is 14.2. The van der Waals surface area contributed by atoms with Gasteiger partial charge in [0.1, 0.15) is 16.6 Å². The summed E-state index contributed by atoms with van der Waals surface area (Å²) in [4.78, 5) is 98.0. The summed E-state index contributed by atoms with van der Waals surface area (Å²) in [6.07, 6.45) is 0. The molecule has 6 aromatic carbocycles. The van der Waals surface area contributed by atoms with Gasteiger partial charge in [-0.05, 0) is 153 Å². The summed E-state index contributed by atoms with van der Waals surface area (Å²) in [6.45, 7) is 9.65. The molecule has 6 aromatic rings. The largest absolute Gasteiger partial charge is 1.00 e. The van der Waals surface area contributed by atoms with Crippen LogP contribution in [0.4, 0.5) is 17.1 Å². The molecular formula is C58H68IN6NaO13. The van der Waals surface area contributed by atoms with Gasteiger partial charge < -0.3 is 36.5 Å². The van der Waals surface area contributed by atoms with Gasteiger partial charge >= 0.3 is 47.5 Å². The van der Waals surface area contributed by atoms with Gasteiger partial charge in [0, 0.05) is 60.7 Å². The number of amides is 3. The fraction of sp³-hybridized carbons (Fsp3) is 0.276. The molecule has 3 amide bonds. The zero-order valence-electron chi connectivity index (χ0n) is 46.9. The number of anilines is 1. The first kappa shape index (κ1) is 69.5. The monoisotopic (exact) mass is 1210 g/mol. The van der Waals surface area contributed by atoms with Gasteiger partial charge in [-0.25, -0.2) is 14.4 Å². The normalized spacial score (nSPS) is 10.4. The SMILES string of the molecule is C.CI.COC(=O)C(C)(C)N(C)C(=O)c1ccc(-c2ccc(N)cc2)cc1.COC(=O)C(C)(C)N(C)C(=O)c1ccc(-c2ccc([N+](=O)[O-])cc2)cc1.COC(=O)C(C)(C)NC(=O)c1ccc(-c2ccc([N+](=O)[O-])cc2)cc1.[H-].[Na+]. The second kappa shape index (κ2) is 31.2. The van der Waals surface area contributed by atoms with Crippen molar-refractivity contribution in [2.24, 2.45) is 0 Å². The molecule has 0 radical (unpaired) electrons. The first-order chi connectivity index (χ1) is 36.2. The summed E-state index contributed by atoms with van der Waals surface area (Å²) in [6, 6.07) is 40.6. The zero-order valence-corrected chi connectivity index (χ0v) is 50.1. The van der Waals surface area contributed by atoms with E-state index in [4.69, 9.17) is 15.2 Å². The molecule has 0 bridgehead atoms. The Hall–Kier alpha value is -7.53. The average molecular weight is 1210 g/mol. The summed E-state index contributed by atoms with van der Waals surface area (Å²) in [5.41, 5.74) is 9.74. The van der Waals surface area contributed by atoms with E-state index in [9.17, 15) is 49.0 Å². The molecule has 0 spiro atoms. The van der Waals surface area contributed by atoms with Crippen LogP contribution in [0, 0.1) is 20.2 Å². The molecule has 0 aromatic heterocycles. The number of carbonyl (C=O) groups excluding carboxylic acids is 6. The van der Waals surface area contributed by atoms with E-state index in [1.165, 1.54) is 55.4 Å². The van der Waals surface area contributed by atoms with E-state index in [1.807, 2.05) is 41.3 Å². The Morgan fingerprint density at radius 2 is 0.722 bits per heavy atom. The van der Waals surface area contributed by atoms with E-state index in [0.717, 1.165) is 33.4 Å². The molecule has 0 fully saturated rings. The molecule has 19 nitrogen and oxygen atoms in total. The molecule has 0 heterocycles. The number of halogens is 1. The van der Waals surface area contributed by atoms with Crippen LogP contribution in [0.3, 0.4) is 0 Å². The third-order valence-corrected chi connectivity index (χ3v) is 12.3. The molecule has 0 aliphatic heterocycles.